The predicted molar refractivity (Wildman–Crippen MR) is 70.9 cm³/mol. The number of Topliss-reactive ketones (excluding diaryl/α,β-unsaturated/α-hetero) is 1. The van der Waals surface area contributed by atoms with Gasteiger partial charge in [0.2, 0.25) is 0 Å². The molecule has 21 heavy (non-hydrogen) atoms. The fraction of sp³-hybridized carbons (Fsp3) is 0.133. The zero-order valence-electron chi connectivity index (χ0n) is 11.1. The quantitative estimate of drug-likeness (QED) is 0.797. The van der Waals surface area contributed by atoms with Crippen LogP contribution in [-0.4, -0.2) is 16.7 Å². The molecule has 0 aliphatic carbocycles. The molecule has 0 radical (unpaired) electrons. The average molecular weight is 288 g/mol. The van der Waals surface area contributed by atoms with Gasteiger partial charge in [0.05, 0.1) is 23.5 Å². The van der Waals surface area contributed by atoms with Crippen LogP contribution in [0.15, 0.2) is 30.5 Å². The fourth-order valence-electron chi connectivity index (χ4n) is 2.33. The standard InChI is InChI=1S/C15H10F2N2O2/c1-8-3-2-4-18-11(8)7-19-12-6-9(16)5-10(17)13(12)14(20)15(19)21/h2-6H,7H2,1H3. The third-order valence-corrected chi connectivity index (χ3v) is 3.42. The molecule has 2 aromatic rings. The Morgan fingerprint density at radius 2 is 2.00 bits per heavy atom. The topological polar surface area (TPSA) is 50.3 Å². The number of aromatic nitrogens is 1. The lowest BCUT2D eigenvalue weighted by Crippen LogP contribution is -2.29. The Labute approximate surface area is 119 Å². The molecule has 1 amide bonds. The van der Waals surface area contributed by atoms with E-state index < -0.39 is 23.3 Å². The van der Waals surface area contributed by atoms with Crippen molar-refractivity contribution < 1.29 is 18.4 Å². The van der Waals surface area contributed by atoms with E-state index in [9.17, 15) is 18.4 Å². The fourth-order valence-corrected chi connectivity index (χ4v) is 2.33. The van der Waals surface area contributed by atoms with E-state index in [1.54, 1.807) is 25.3 Å². The molecule has 3 rings (SSSR count). The van der Waals surface area contributed by atoms with Crippen LogP contribution >= 0.6 is 0 Å². The first-order valence-corrected chi connectivity index (χ1v) is 6.25. The average Bonchev–Trinajstić information content (AvgIpc) is 2.66. The number of ketones is 1. The van der Waals surface area contributed by atoms with Gasteiger partial charge in [-0.25, -0.2) is 8.78 Å². The van der Waals surface area contributed by atoms with Crippen LogP contribution in [0.1, 0.15) is 21.6 Å². The summed E-state index contributed by atoms with van der Waals surface area (Å²) >= 11 is 0. The lowest BCUT2D eigenvalue weighted by molar-refractivity contribution is -0.114. The highest BCUT2D eigenvalue weighted by atomic mass is 19.1. The van der Waals surface area contributed by atoms with Crippen molar-refractivity contribution >= 4 is 17.4 Å². The molecule has 1 aliphatic rings. The Balaban J connectivity index is 2.08. The molecule has 4 nitrogen and oxygen atoms in total. The first-order chi connectivity index (χ1) is 9.99. The number of pyridine rings is 1. The van der Waals surface area contributed by atoms with Crippen molar-refractivity contribution in [1.82, 2.24) is 4.98 Å². The van der Waals surface area contributed by atoms with Crippen LogP contribution < -0.4 is 4.90 Å². The second-order valence-electron chi connectivity index (χ2n) is 4.77. The van der Waals surface area contributed by atoms with Crippen molar-refractivity contribution in [2.75, 3.05) is 4.90 Å². The van der Waals surface area contributed by atoms with Crippen molar-refractivity contribution in [2.45, 2.75) is 13.5 Å². The Kier molecular flexibility index (Phi) is 3.01. The van der Waals surface area contributed by atoms with Gasteiger partial charge in [-0.05, 0) is 24.6 Å². The van der Waals surface area contributed by atoms with Gasteiger partial charge in [-0.2, -0.15) is 0 Å². The predicted octanol–water partition coefficient (Wildman–Crippen LogP) is 2.40. The number of aryl methyl sites for hydroxylation is 1. The molecule has 0 fully saturated rings. The normalized spacial score (nSPS) is 13.8. The maximum absolute atomic E-state index is 13.7. The van der Waals surface area contributed by atoms with Gasteiger partial charge >= 0.3 is 0 Å². The molecule has 0 saturated heterocycles. The summed E-state index contributed by atoms with van der Waals surface area (Å²) in [6.07, 6.45) is 1.55. The summed E-state index contributed by atoms with van der Waals surface area (Å²) in [6, 6.07) is 5.12. The van der Waals surface area contributed by atoms with Crippen LogP contribution in [-0.2, 0) is 11.3 Å². The number of carbonyl (C=O) groups is 2. The first-order valence-electron chi connectivity index (χ1n) is 6.25. The molecule has 106 valence electrons. The van der Waals surface area contributed by atoms with Crippen molar-refractivity contribution in [3.63, 3.8) is 0 Å². The number of hydrogen-bond acceptors (Lipinski definition) is 3. The summed E-state index contributed by atoms with van der Waals surface area (Å²) in [5.41, 5.74) is 0.960. The molecule has 0 spiro atoms. The van der Waals surface area contributed by atoms with E-state index in [1.165, 1.54) is 0 Å². The Morgan fingerprint density at radius 1 is 1.24 bits per heavy atom. The van der Waals surface area contributed by atoms with Crippen LogP contribution in [0.5, 0.6) is 0 Å². The third-order valence-electron chi connectivity index (χ3n) is 3.42. The molecule has 6 heteroatoms. The summed E-state index contributed by atoms with van der Waals surface area (Å²) in [7, 11) is 0. The minimum atomic E-state index is -1.02. The van der Waals surface area contributed by atoms with Gasteiger partial charge in [-0.3, -0.25) is 19.5 Å². The van der Waals surface area contributed by atoms with Gasteiger partial charge in [0.1, 0.15) is 11.6 Å². The van der Waals surface area contributed by atoms with Crippen LogP contribution in [0, 0.1) is 18.6 Å². The molecule has 0 atom stereocenters. The van der Waals surface area contributed by atoms with Crippen molar-refractivity contribution in [3.8, 4) is 0 Å². The smallest absolute Gasteiger partial charge is 0.299 e. The molecule has 0 saturated carbocycles. The molecule has 2 heterocycles. The zero-order chi connectivity index (χ0) is 15.1. The van der Waals surface area contributed by atoms with E-state index in [-0.39, 0.29) is 17.8 Å². The maximum Gasteiger partial charge on any atom is 0.299 e. The third kappa shape index (κ3) is 2.08. The summed E-state index contributed by atoms with van der Waals surface area (Å²) in [5.74, 6) is -3.70. The number of halogens is 2. The van der Waals surface area contributed by atoms with E-state index in [2.05, 4.69) is 4.98 Å². The number of hydrogen-bond donors (Lipinski definition) is 0. The van der Waals surface area contributed by atoms with Gasteiger partial charge < -0.3 is 0 Å². The number of anilines is 1. The molecular weight excluding hydrogens is 278 g/mol. The van der Waals surface area contributed by atoms with E-state index in [0.29, 0.717) is 11.8 Å². The van der Waals surface area contributed by atoms with Crippen LogP contribution in [0.2, 0.25) is 0 Å². The zero-order valence-corrected chi connectivity index (χ0v) is 11.1. The molecule has 0 unspecified atom stereocenters. The van der Waals surface area contributed by atoms with E-state index in [1.807, 2.05) is 0 Å². The highest BCUT2D eigenvalue weighted by Gasteiger charge is 2.39. The van der Waals surface area contributed by atoms with E-state index in [0.717, 1.165) is 16.5 Å². The minimum Gasteiger partial charge on any atom is -0.299 e. The summed E-state index contributed by atoms with van der Waals surface area (Å²) in [4.78, 5) is 29.0. The summed E-state index contributed by atoms with van der Waals surface area (Å²) in [6.45, 7) is 1.80. The number of rotatable bonds is 2. The largest absolute Gasteiger partial charge is 0.299 e. The molecule has 1 aromatic carbocycles. The number of fused-ring (bicyclic) bond motifs is 1. The van der Waals surface area contributed by atoms with Crippen molar-refractivity contribution in [2.24, 2.45) is 0 Å². The summed E-state index contributed by atoms with van der Waals surface area (Å²) in [5, 5.41) is 0. The van der Waals surface area contributed by atoms with Crippen molar-refractivity contribution in [1.29, 1.82) is 0 Å². The van der Waals surface area contributed by atoms with Gasteiger partial charge in [0.15, 0.2) is 0 Å². The number of nitrogens with zero attached hydrogens (tertiary/aromatic N) is 2. The lowest BCUT2D eigenvalue weighted by Gasteiger charge is -2.17. The Hall–Kier alpha value is -2.63. The second-order valence-corrected chi connectivity index (χ2v) is 4.77. The molecule has 1 aromatic heterocycles. The number of carbonyl (C=O) groups excluding carboxylic acids is 2. The molecule has 0 bridgehead atoms. The van der Waals surface area contributed by atoms with Crippen molar-refractivity contribution in [3.05, 3.63) is 58.9 Å². The highest BCUT2D eigenvalue weighted by Crippen LogP contribution is 2.33. The van der Waals surface area contributed by atoms with Gasteiger partial charge in [-0.15, -0.1) is 0 Å². The molecular formula is C15H10F2N2O2. The van der Waals surface area contributed by atoms with E-state index in [4.69, 9.17) is 0 Å². The number of benzene rings is 1. The maximum atomic E-state index is 13.7. The second kappa shape index (κ2) is 4.73. The van der Waals surface area contributed by atoms with Crippen LogP contribution in [0.25, 0.3) is 0 Å². The SMILES string of the molecule is Cc1cccnc1CN1C(=O)C(=O)c2c(F)cc(F)cc21. The van der Waals surface area contributed by atoms with Gasteiger partial charge in [0, 0.05) is 12.3 Å². The highest BCUT2D eigenvalue weighted by molar-refractivity contribution is 6.52. The summed E-state index contributed by atoms with van der Waals surface area (Å²) < 4.78 is 27.1. The van der Waals surface area contributed by atoms with Crippen LogP contribution in [0.3, 0.4) is 0 Å². The first kappa shape index (κ1) is 13.4. The lowest BCUT2D eigenvalue weighted by atomic mass is 10.1. The minimum absolute atomic E-state index is 0.00681. The Bertz CT molecular complexity index is 774. The molecule has 0 N–H and O–H groups in total. The number of amides is 1. The van der Waals surface area contributed by atoms with Gasteiger partial charge in [0.25, 0.3) is 11.7 Å². The monoisotopic (exact) mass is 288 g/mol. The Morgan fingerprint density at radius 3 is 2.71 bits per heavy atom. The van der Waals surface area contributed by atoms with E-state index >= 15 is 0 Å². The van der Waals surface area contributed by atoms with Gasteiger partial charge in [-0.1, -0.05) is 6.07 Å². The molecule has 1 aliphatic heterocycles. The van der Waals surface area contributed by atoms with Crippen LogP contribution in [0.4, 0.5) is 14.5 Å².